The molecule has 1 unspecified atom stereocenters. The molecule has 2 nitrogen and oxygen atoms in total. The first kappa shape index (κ1) is 10.7. The highest BCUT2D eigenvalue weighted by Crippen LogP contribution is 2.24. The molecule has 0 radical (unpaired) electrons. The van der Waals surface area contributed by atoms with E-state index in [0.717, 1.165) is 25.2 Å². The van der Waals surface area contributed by atoms with Gasteiger partial charge in [0, 0.05) is 24.8 Å². The van der Waals surface area contributed by atoms with Crippen LogP contribution in [-0.2, 0) is 0 Å². The summed E-state index contributed by atoms with van der Waals surface area (Å²) in [4.78, 5) is 2.17. The molecule has 0 saturated carbocycles. The number of rotatable bonds is 2. The Morgan fingerprint density at radius 3 is 2.93 bits per heavy atom. The molecule has 1 fully saturated rings. The molecule has 1 N–H and O–H groups in total. The smallest absolute Gasteiger partial charge is 0.143 e. The molecule has 0 aliphatic carbocycles. The molecule has 1 atom stereocenters. The van der Waals surface area contributed by atoms with E-state index >= 15 is 0 Å². The van der Waals surface area contributed by atoms with Gasteiger partial charge in [0.15, 0.2) is 0 Å². The van der Waals surface area contributed by atoms with E-state index in [-0.39, 0.29) is 10.8 Å². The molecule has 0 aromatic heterocycles. The van der Waals surface area contributed by atoms with E-state index < -0.39 is 0 Å². The van der Waals surface area contributed by atoms with Crippen molar-refractivity contribution in [3.63, 3.8) is 0 Å². The number of nitrogens with one attached hydrogen (secondary N) is 1. The Bertz CT molecular complexity index is 356. The summed E-state index contributed by atoms with van der Waals surface area (Å²) in [6.07, 6.45) is 1.10. The molecule has 1 aliphatic heterocycles. The van der Waals surface area contributed by atoms with Gasteiger partial charge in [0.1, 0.15) is 5.82 Å². The zero-order valence-corrected chi connectivity index (χ0v) is 9.39. The van der Waals surface area contributed by atoms with Crippen molar-refractivity contribution >= 4 is 17.3 Å². The number of hydrogen-bond acceptors (Lipinski definition) is 2. The van der Waals surface area contributed by atoms with E-state index in [9.17, 15) is 4.39 Å². The van der Waals surface area contributed by atoms with Crippen molar-refractivity contribution < 1.29 is 4.39 Å². The molecule has 1 aliphatic rings. The minimum Gasteiger partial charge on any atom is -0.370 e. The zero-order valence-electron chi connectivity index (χ0n) is 8.63. The number of nitrogens with zero attached hydrogens (tertiary/aromatic N) is 1. The first-order valence-corrected chi connectivity index (χ1v) is 5.46. The molecule has 2 rings (SSSR count). The summed E-state index contributed by atoms with van der Waals surface area (Å²) in [6.45, 7) is 1.89. The van der Waals surface area contributed by atoms with Crippen LogP contribution in [0.1, 0.15) is 6.42 Å². The molecule has 1 heterocycles. The van der Waals surface area contributed by atoms with Gasteiger partial charge in [-0.3, -0.25) is 0 Å². The Morgan fingerprint density at radius 2 is 2.33 bits per heavy atom. The Morgan fingerprint density at radius 1 is 1.53 bits per heavy atom. The van der Waals surface area contributed by atoms with Crippen molar-refractivity contribution in [3.8, 4) is 0 Å². The van der Waals surface area contributed by atoms with Crippen molar-refractivity contribution in [3.05, 3.63) is 29.0 Å². The summed E-state index contributed by atoms with van der Waals surface area (Å²) in [7, 11) is 1.95. The molecule has 82 valence electrons. The van der Waals surface area contributed by atoms with E-state index in [2.05, 4.69) is 10.2 Å². The zero-order chi connectivity index (χ0) is 10.8. The minimum absolute atomic E-state index is 0.183. The van der Waals surface area contributed by atoms with E-state index in [0.29, 0.717) is 6.04 Å². The highest BCUT2D eigenvalue weighted by atomic mass is 35.5. The third-order valence-corrected chi connectivity index (χ3v) is 3.17. The lowest BCUT2D eigenvalue weighted by Gasteiger charge is -2.18. The van der Waals surface area contributed by atoms with Gasteiger partial charge in [-0.25, -0.2) is 4.39 Å². The summed E-state index contributed by atoms with van der Waals surface area (Å²) in [5.41, 5.74) is 0.912. The largest absolute Gasteiger partial charge is 0.370 e. The average Bonchev–Trinajstić information content (AvgIpc) is 2.70. The number of hydrogen-bond donors (Lipinski definition) is 1. The van der Waals surface area contributed by atoms with Crippen LogP contribution in [0.4, 0.5) is 10.1 Å². The number of anilines is 1. The molecule has 0 amide bonds. The standard InChI is InChI=1S/C11H14ClFN2/c1-14-8-4-5-15(7-8)9-2-3-10(12)11(13)6-9/h2-3,6,8,14H,4-5,7H2,1H3. The first-order chi connectivity index (χ1) is 7.20. The Balaban J connectivity index is 2.13. The molecule has 1 saturated heterocycles. The molecule has 1 aromatic carbocycles. The third kappa shape index (κ3) is 2.24. The monoisotopic (exact) mass is 228 g/mol. The minimum atomic E-state index is -0.345. The second-order valence-corrected chi connectivity index (χ2v) is 4.23. The fraction of sp³-hybridized carbons (Fsp3) is 0.455. The van der Waals surface area contributed by atoms with Crippen molar-refractivity contribution in [1.29, 1.82) is 0 Å². The highest BCUT2D eigenvalue weighted by molar-refractivity contribution is 6.30. The maximum absolute atomic E-state index is 13.2. The molecule has 4 heteroatoms. The molecule has 0 bridgehead atoms. The van der Waals surface area contributed by atoms with Gasteiger partial charge >= 0.3 is 0 Å². The second kappa shape index (κ2) is 4.37. The van der Waals surface area contributed by atoms with Gasteiger partial charge in [0.05, 0.1) is 5.02 Å². The average molecular weight is 229 g/mol. The van der Waals surface area contributed by atoms with Crippen LogP contribution >= 0.6 is 11.6 Å². The summed E-state index contributed by atoms with van der Waals surface area (Å²) < 4.78 is 13.2. The van der Waals surface area contributed by atoms with E-state index in [1.54, 1.807) is 6.07 Å². The van der Waals surface area contributed by atoms with Crippen LogP contribution in [0.2, 0.25) is 5.02 Å². The van der Waals surface area contributed by atoms with Gasteiger partial charge in [-0.05, 0) is 31.7 Å². The first-order valence-electron chi connectivity index (χ1n) is 5.08. The maximum atomic E-state index is 13.2. The van der Waals surface area contributed by atoms with Gasteiger partial charge < -0.3 is 10.2 Å². The van der Waals surface area contributed by atoms with Crippen LogP contribution in [0, 0.1) is 5.82 Å². The van der Waals surface area contributed by atoms with Gasteiger partial charge in [-0.2, -0.15) is 0 Å². The molecule has 15 heavy (non-hydrogen) atoms. The Hall–Kier alpha value is -0.800. The number of halogens is 2. The topological polar surface area (TPSA) is 15.3 Å². The lowest BCUT2D eigenvalue weighted by atomic mass is 10.3. The van der Waals surface area contributed by atoms with Crippen molar-refractivity contribution in [1.82, 2.24) is 5.32 Å². The SMILES string of the molecule is CNC1CCN(c2ccc(Cl)c(F)c2)C1. The van der Waals surface area contributed by atoms with Crippen LogP contribution in [-0.4, -0.2) is 26.2 Å². The van der Waals surface area contributed by atoms with Gasteiger partial charge in [0.25, 0.3) is 0 Å². The molecule has 0 spiro atoms. The fourth-order valence-electron chi connectivity index (χ4n) is 1.91. The van der Waals surface area contributed by atoms with Crippen molar-refractivity contribution in [2.24, 2.45) is 0 Å². The Labute approximate surface area is 94.0 Å². The molecule has 1 aromatic rings. The van der Waals surface area contributed by atoms with E-state index in [1.165, 1.54) is 6.07 Å². The second-order valence-electron chi connectivity index (χ2n) is 3.82. The van der Waals surface area contributed by atoms with Crippen molar-refractivity contribution in [2.75, 3.05) is 25.0 Å². The highest BCUT2D eigenvalue weighted by Gasteiger charge is 2.21. The van der Waals surface area contributed by atoms with Crippen molar-refractivity contribution in [2.45, 2.75) is 12.5 Å². The lowest BCUT2D eigenvalue weighted by Crippen LogP contribution is -2.29. The predicted octanol–water partition coefficient (Wildman–Crippen LogP) is 2.28. The number of likely N-dealkylation sites (N-methyl/N-ethyl adjacent to an activating group) is 1. The Kier molecular flexibility index (Phi) is 3.12. The maximum Gasteiger partial charge on any atom is 0.143 e. The van der Waals surface area contributed by atoms with Crippen LogP contribution < -0.4 is 10.2 Å². The lowest BCUT2D eigenvalue weighted by molar-refractivity contribution is 0.615. The van der Waals surface area contributed by atoms with Gasteiger partial charge in [0.2, 0.25) is 0 Å². The summed E-state index contributed by atoms with van der Waals surface area (Å²) in [5, 5.41) is 3.41. The van der Waals surface area contributed by atoms with Gasteiger partial charge in [-0.15, -0.1) is 0 Å². The number of benzene rings is 1. The van der Waals surface area contributed by atoms with Gasteiger partial charge in [-0.1, -0.05) is 11.6 Å². The quantitative estimate of drug-likeness (QED) is 0.836. The van der Waals surface area contributed by atoms with E-state index in [1.807, 2.05) is 13.1 Å². The molecular formula is C11H14ClFN2. The van der Waals surface area contributed by atoms with E-state index in [4.69, 9.17) is 11.6 Å². The summed E-state index contributed by atoms with van der Waals surface area (Å²) in [5.74, 6) is -0.345. The van der Waals surface area contributed by atoms with Crippen LogP contribution in [0.3, 0.4) is 0 Å². The summed E-state index contributed by atoms with van der Waals surface area (Å²) in [6, 6.07) is 5.48. The fourth-order valence-corrected chi connectivity index (χ4v) is 2.03. The van der Waals surface area contributed by atoms with Crippen LogP contribution in [0.25, 0.3) is 0 Å². The third-order valence-electron chi connectivity index (χ3n) is 2.86. The van der Waals surface area contributed by atoms with Crippen LogP contribution in [0.15, 0.2) is 18.2 Å². The van der Waals surface area contributed by atoms with Crippen LogP contribution in [0.5, 0.6) is 0 Å². The normalized spacial score (nSPS) is 21.0. The molecular weight excluding hydrogens is 215 g/mol. The predicted molar refractivity (Wildman–Crippen MR) is 61.1 cm³/mol. The summed E-state index contributed by atoms with van der Waals surface area (Å²) >= 11 is 5.64.